The molecule has 1 rings (SSSR count). The summed E-state index contributed by atoms with van der Waals surface area (Å²) in [4.78, 5) is 16.0. The first kappa shape index (κ1) is 12.5. The first-order valence-electron chi connectivity index (χ1n) is 5.62. The largest absolute Gasteiger partial charge is 0.339 e. The van der Waals surface area contributed by atoms with Crippen molar-refractivity contribution in [1.82, 2.24) is 15.1 Å². The van der Waals surface area contributed by atoms with Gasteiger partial charge in [-0.25, -0.2) is 0 Å². The van der Waals surface area contributed by atoms with E-state index in [1.807, 2.05) is 11.9 Å². The van der Waals surface area contributed by atoms with Crippen molar-refractivity contribution >= 4 is 5.91 Å². The van der Waals surface area contributed by atoms with Crippen LogP contribution in [0.3, 0.4) is 0 Å². The van der Waals surface area contributed by atoms with Crippen molar-refractivity contribution in [3.63, 3.8) is 0 Å². The molecule has 1 saturated heterocycles. The van der Waals surface area contributed by atoms with Crippen LogP contribution in [-0.2, 0) is 4.79 Å². The molecule has 0 aromatic carbocycles. The molecule has 0 aromatic heterocycles. The minimum Gasteiger partial charge on any atom is -0.339 e. The maximum Gasteiger partial charge on any atom is 0.236 e. The van der Waals surface area contributed by atoms with Crippen LogP contribution < -0.4 is 5.32 Å². The fraction of sp³-hybridized carbons (Fsp3) is 0.909. The maximum atomic E-state index is 11.6. The van der Waals surface area contributed by atoms with Crippen molar-refractivity contribution in [2.75, 3.05) is 39.8 Å². The molecule has 0 bridgehead atoms. The van der Waals surface area contributed by atoms with Crippen LogP contribution in [0.15, 0.2) is 0 Å². The zero-order valence-corrected chi connectivity index (χ0v) is 10.3. The number of hydrogen-bond acceptors (Lipinski definition) is 3. The van der Waals surface area contributed by atoms with E-state index in [0.29, 0.717) is 6.54 Å². The Bertz CT molecular complexity index is 214. The Morgan fingerprint density at radius 1 is 1.20 bits per heavy atom. The van der Waals surface area contributed by atoms with Gasteiger partial charge in [0.05, 0.1) is 6.54 Å². The molecule has 1 aliphatic rings. The molecule has 4 nitrogen and oxygen atoms in total. The molecule has 0 aromatic rings. The van der Waals surface area contributed by atoms with Crippen molar-refractivity contribution in [1.29, 1.82) is 0 Å². The van der Waals surface area contributed by atoms with Crippen LogP contribution in [0.4, 0.5) is 0 Å². The highest BCUT2D eigenvalue weighted by atomic mass is 16.2. The zero-order valence-electron chi connectivity index (χ0n) is 10.3. The Morgan fingerprint density at radius 2 is 1.73 bits per heavy atom. The van der Waals surface area contributed by atoms with E-state index >= 15 is 0 Å². The zero-order chi connectivity index (χ0) is 11.5. The predicted molar refractivity (Wildman–Crippen MR) is 61.8 cm³/mol. The second-order valence-electron chi connectivity index (χ2n) is 5.07. The van der Waals surface area contributed by atoms with Gasteiger partial charge in [0.2, 0.25) is 5.91 Å². The van der Waals surface area contributed by atoms with Crippen LogP contribution in [0.2, 0.25) is 0 Å². The monoisotopic (exact) mass is 213 g/mol. The number of nitrogens with zero attached hydrogens (tertiary/aromatic N) is 2. The predicted octanol–water partition coefficient (Wildman–Crippen LogP) is 0.149. The van der Waals surface area contributed by atoms with Crippen LogP contribution in [0.25, 0.3) is 0 Å². The lowest BCUT2D eigenvalue weighted by Crippen LogP contribution is -2.55. The van der Waals surface area contributed by atoms with Crippen molar-refractivity contribution < 1.29 is 4.79 Å². The van der Waals surface area contributed by atoms with Crippen molar-refractivity contribution in [2.45, 2.75) is 26.3 Å². The third-order valence-electron chi connectivity index (χ3n) is 2.91. The molecule has 0 aliphatic carbocycles. The molecular weight excluding hydrogens is 190 g/mol. The number of carbonyl (C=O) groups is 1. The van der Waals surface area contributed by atoms with E-state index in [2.05, 4.69) is 31.0 Å². The molecular formula is C11H23N3O. The number of nitrogens with one attached hydrogen (secondary N) is 1. The smallest absolute Gasteiger partial charge is 0.236 e. The summed E-state index contributed by atoms with van der Waals surface area (Å²) in [5.41, 5.74) is 0.220. The van der Waals surface area contributed by atoms with E-state index in [-0.39, 0.29) is 11.4 Å². The standard InChI is InChI=1S/C11H23N3O/c1-11(2,3)14-7-5-13(6-8-14)10(15)9-12-4/h12H,5-9H2,1-4H3. The summed E-state index contributed by atoms with van der Waals surface area (Å²) < 4.78 is 0. The third kappa shape index (κ3) is 3.47. The lowest BCUT2D eigenvalue weighted by molar-refractivity contribution is -0.132. The normalized spacial score (nSPS) is 19.3. The topological polar surface area (TPSA) is 35.6 Å². The molecule has 0 radical (unpaired) electrons. The maximum absolute atomic E-state index is 11.6. The average molecular weight is 213 g/mol. The van der Waals surface area contributed by atoms with Gasteiger partial charge in [0.25, 0.3) is 0 Å². The molecule has 0 saturated carbocycles. The van der Waals surface area contributed by atoms with E-state index in [0.717, 1.165) is 26.2 Å². The van der Waals surface area contributed by atoms with Gasteiger partial charge in [-0.1, -0.05) is 0 Å². The molecule has 0 atom stereocenters. The summed E-state index contributed by atoms with van der Waals surface area (Å²) in [5, 5.41) is 2.90. The minimum absolute atomic E-state index is 0.214. The van der Waals surface area contributed by atoms with Crippen molar-refractivity contribution in [3.8, 4) is 0 Å². The fourth-order valence-electron chi connectivity index (χ4n) is 1.89. The number of amides is 1. The van der Waals surface area contributed by atoms with Crippen molar-refractivity contribution in [2.24, 2.45) is 0 Å². The van der Waals surface area contributed by atoms with Crippen LogP contribution in [-0.4, -0.2) is 61.0 Å². The van der Waals surface area contributed by atoms with E-state index in [1.165, 1.54) is 0 Å². The summed E-state index contributed by atoms with van der Waals surface area (Å²) in [6.07, 6.45) is 0. The van der Waals surface area contributed by atoms with Crippen LogP contribution in [0.5, 0.6) is 0 Å². The Hall–Kier alpha value is -0.610. The molecule has 0 spiro atoms. The van der Waals surface area contributed by atoms with Gasteiger partial charge in [0, 0.05) is 31.7 Å². The molecule has 1 aliphatic heterocycles. The van der Waals surface area contributed by atoms with Crippen LogP contribution >= 0.6 is 0 Å². The fourth-order valence-corrected chi connectivity index (χ4v) is 1.89. The molecule has 1 heterocycles. The molecule has 1 fully saturated rings. The average Bonchev–Trinajstić information content (AvgIpc) is 2.17. The molecule has 1 amide bonds. The van der Waals surface area contributed by atoms with Crippen molar-refractivity contribution in [3.05, 3.63) is 0 Å². The second-order valence-corrected chi connectivity index (χ2v) is 5.07. The van der Waals surface area contributed by atoms with E-state index in [9.17, 15) is 4.79 Å². The van der Waals surface area contributed by atoms with Gasteiger partial charge in [0.1, 0.15) is 0 Å². The van der Waals surface area contributed by atoms with Gasteiger partial charge in [-0.15, -0.1) is 0 Å². The van der Waals surface area contributed by atoms with Crippen LogP contribution in [0, 0.1) is 0 Å². The lowest BCUT2D eigenvalue weighted by atomic mass is 10.1. The number of rotatable bonds is 2. The lowest BCUT2D eigenvalue weighted by Gasteiger charge is -2.42. The van der Waals surface area contributed by atoms with Gasteiger partial charge in [-0.05, 0) is 27.8 Å². The Kier molecular flexibility index (Phi) is 4.11. The van der Waals surface area contributed by atoms with Crippen LogP contribution in [0.1, 0.15) is 20.8 Å². The highest BCUT2D eigenvalue weighted by Gasteiger charge is 2.27. The number of carbonyl (C=O) groups excluding carboxylic acids is 1. The minimum atomic E-state index is 0.214. The Labute approximate surface area is 92.6 Å². The summed E-state index contributed by atoms with van der Waals surface area (Å²) >= 11 is 0. The van der Waals surface area contributed by atoms with Gasteiger partial charge in [-0.3, -0.25) is 9.69 Å². The highest BCUT2D eigenvalue weighted by molar-refractivity contribution is 5.78. The first-order chi connectivity index (χ1) is 6.95. The van der Waals surface area contributed by atoms with E-state index in [4.69, 9.17) is 0 Å². The quantitative estimate of drug-likeness (QED) is 0.709. The van der Waals surface area contributed by atoms with E-state index in [1.54, 1.807) is 0 Å². The molecule has 4 heteroatoms. The van der Waals surface area contributed by atoms with Gasteiger partial charge in [-0.2, -0.15) is 0 Å². The Morgan fingerprint density at radius 3 is 2.13 bits per heavy atom. The third-order valence-corrected chi connectivity index (χ3v) is 2.91. The summed E-state index contributed by atoms with van der Waals surface area (Å²) in [6, 6.07) is 0. The SMILES string of the molecule is CNCC(=O)N1CCN(C(C)(C)C)CC1. The molecule has 1 N–H and O–H groups in total. The van der Waals surface area contributed by atoms with Gasteiger partial charge < -0.3 is 10.2 Å². The number of piperazine rings is 1. The molecule has 15 heavy (non-hydrogen) atoms. The second kappa shape index (κ2) is 4.94. The number of hydrogen-bond donors (Lipinski definition) is 1. The van der Waals surface area contributed by atoms with Gasteiger partial charge in [0.15, 0.2) is 0 Å². The Balaban J connectivity index is 2.39. The van der Waals surface area contributed by atoms with Gasteiger partial charge >= 0.3 is 0 Å². The summed E-state index contributed by atoms with van der Waals surface area (Å²) in [5.74, 6) is 0.214. The molecule has 0 unspecified atom stereocenters. The summed E-state index contributed by atoms with van der Waals surface area (Å²) in [6.45, 7) is 10.8. The summed E-state index contributed by atoms with van der Waals surface area (Å²) in [7, 11) is 1.81. The first-order valence-corrected chi connectivity index (χ1v) is 5.62. The van der Waals surface area contributed by atoms with E-state index < -0.39 is 0 Å². The highest BCUT2D eigenvalue weighted by Crippen LogP contribution is 2.15. The number of likely N-dealkylation sites (N-methyl/N-ethyl adjacent to an activating group) is 1. The molecule has 88 valence electrons.